The lowest BCUT2D eigenvalue weighted by molar-refractivity contribution is -0.394. The van der Waals surface area contributed by atoms with Crippen molar-refractivity contribution in [3.8, 4) is 0 Å². The zero-order valence-corrected chi connectivity index (χ0v) is 17.8. The maximum absolute atomic E-state index is 12.7. The first kappa shape index (κ1) is 22.2. The van der Waals surface area contributed by atoms with Crippen molar-refractivity contribution in [2.45, 2.75) is 20.4 Å². The van der Waals surface area contributed by atoms with E-state index in [-0.39, 0.29) is 5.56 Å². The highest BCUT2D eigenvalue weighted by Gasteiger charge is 2.22. The normalized spacial score (nSPS) is 10.7. The van der Waals surface area contributed by atoms with Crippen LogP contribution in [0.2, 0.25) is 10.0 Å². The van der Waals surface area contributed by atoms with E-state index in [2.05, 4.69) is 10.4 Å². The second kappa shape index (κ2) is 8.70. The Morgan fingerprint density at radius 1 is 1.03 bits per heavy atom. The highest BCUT2D eigenvalue weighted by molar-refractivity contribution is 6.42. The topological polar surface area (TPSA) is 133 Å². The van der Waals surface area contributed by atoms with Crippen molar-refractivity contribution in [1.82, 2.24) is 9.78 Å². The molecule has 1 amide bonds. The van der Waals surface area contributed by atoms with Gasteiger partial charge in [0.25, 0.3) is 17.3 Å². The molecule has 2 aromatic carbocycles. The van der Waals surface area contributed by atoms with Crippen LogP contribution in [0.4, 0.5) is 17.1 Å². The zero-order valence-electron chi connectivity index (χ0n) is 16.3. The monoisotopic (exact) mass is 463 g/mol. The van der Waals surface area contributed by atoms with Gasteiger partial charge in [-0.1, -0.05) is 29.3 Å². The third-order valence-corrected chi connectivity index (χ3v) is 5.26. The first-order valence-electron chi connectivity index (χ1n) is 8.80. The lowest BCUT2D eigenvalue weighted by Crippen LogP contribution is -2.14. The standard InChI is InChI=1S/C19H15Cl2N5O5/c1-10-18(11(2)24(23-10)9-12-3-4-16(20)17(21)5-12)22-19(27)13-6-14(25(28)29)8-15(7-13)26(30)31/h3-8H,9H2,1-2H3,(H,22,27). The van der Waals surface area contributed by atoms with Crippen molar-refractivity contribution in [1.29, 1.82) is 0 Å². The number of non-ortho nitro benzene ring substituents is 2. The molecule has 160 valence electrons. The Labute approximate surface area is 185 Å². The van der Waals surface area contributed by atoms with Crippen LogP contribution in [0.25, 0.3) is 0 Å². The molecule has 0 saturated carbocycles. The van der Waals surface area contributed by atoms with Crippen LogP contribution in [0.1, 0.15) is 27.3 Å². The molecule has 31 heavy (non-hydrogen) atoms. The van der Waals surface area contributed by atoms with E-state index in [1.54, 1.807) is 36.7 Å². The molecule has 0 saturated heterocycles. The number of hydrogen-bond acceptors (Lipinski definition) is 6. The molecule has 0 bridgehead atoms. The van der Waals surface area contributed by atoms with Crippen molar-refractivity contribution in [3.63, 3.8) is 0 Å². The number of benzene rings is 2. The maximum atomic E-state index is 12.7. The maximum Gasteiger partial charge on any atom is 0.277 e. The number of aromatic nitrogens is 2. The van der Waals surface area contributed by atoms with Gasteiger partial charge in [-0.3, -0.25) is 29.7 Å². The number of carbonyl (C=O) groups is 1. The Balaban J connectivity index is 1.89. The number of nitro benzene ring substituents is 2. The minimum atomic E-state index is -0.796. The molecule has 0 spiro atoms. The lowest BCUT2D eigenvalue weighted by Gasteiger charge is -2.08. The second-order valence-electron chi connectivity index (χ2n) is 6.66. The molecule has 1 aromatic heterocycles. The number of nitrogens with zero attached hydrogens (tertiary/aromatic N) is 4. The summed E-state index contributed by atoms with van der Waals surface area (Å²) in [7, 11) is 0. The first-order valence-corrected chi connectivity index (χ1v) is 9.55. The van der Waals surface area contributed by atoms with Crippen molar-refractivity contribution in [3.05, 3.63) is 89.2 Å². The molecule has 0 aliphatic heterocycles. The predicted molar refractivity (Wildman–Crippen MR) is 115 cm³/mol. The molecular weight excluding hydrogens is 449 g/mol. The van der Waals surface area contributed by atoms with Gasteiger partial charge >= 0.3 is 0 Å². The average Bonchev–Trinajstić information content (AvgIpc) is 2.97. The Bertz CT molecular complexity index is 1190. The number of hydrogen-bond donors (Lipinski definition) is 1. The molecule has 0 aliphatic carbocycles. The van der Waals surface area contributed by atoms with E-state index in [1.807, 2.05) is 0 Å². The van der Waals surface area contributed by atoms with E-state index in [0.717, 1.165) is 23.8 Å². The van der Waals surface area contributed by atoms with E-state index in [4.69, 9.17) is 23.2 Å². The number of anilines is 1. The summed E-state index contributed by atoms with van der Waals surface area (Å²) in [5.41, 5.74) is 1.05. The van der Waals surface area contributed by atoms with Crippen molar-refractivity contribution >= 4 is 46.2 Å². The molecule has 12 heteroatoms. The fourth-order valence-corrected chi connectivity index (χ4v) is 3.29. The Kier molecular flexibility index (Phi) is 6.23. The number of nitrogens with one attached hydrogen (secondary N) is 1. The highest BCUT2D eigenvalue weighted by atomic mass is 35.5. The van der Waals surface area contributed by atoms with E-state index in [9.17, 15) is 25.0 Å². The molecule has 3 aromatic rings. The van der Waals surface area contributed by atoms with Crippen molar-refractivity contribution < 1.29 is 14.6 Å². The molecule has 10 nitrogen and oxygen atoms in total. The largest absolute Gasteiger partial charge is 0.319 e. The predicted octanol–water partition coefficient (Wildman–Crippen LogP) is 4.92. The van der Waals surface area contributed by atoms with E-state index < -0.39 is 27.1 Å². The van der Waals surface area contributed by atoms with Crippen LogP contribution in [0.5, 0.6) is 0 Å². The molecule has 0 fully saturated rings. The minimum Gasteiger partial charge on any atom is -0.319 e. The molecule has 1 N–H and O–H groups in total. The summed E-state index contributed by atoms with van der Waals surface area (Å²) in [6.45, 7) is 3.79. The van der Waals surface area contributed by atoms with Crippen LogP contribution in [0, 0.1) is 34.1 Å². The van der Waals surface area contributed by atoms with Crippen molar-refractivity contribution in [2.75, 3.05) is 5.32 Å². The Hall–Kier alpha value is -3.50. The van der Waals surface area contributed by atoms with Gasteiger partial charge in [-0.05, 0) is 31.5 Å². The summed E-state index contributed by atoms with van der Waals surface area (Å²) in [5, 5.41) is 30.0. The number of amides is 1. The van der Waals surface area contributed by atoms with E-state index in [1.165, 1.54) is 0 Å². The third kappa shape index (κ3) is 4.81. The van der Waals surface area contributed by atoms with Crippen LogP contribution in [0.15, 0.2) is 36.4 Å². The van der Waals surface area contributed by atoms with Gasteiger partial charge in [0.2, 0.25) is 0 Å². The summed E-state index contributed by atoms with van der Waals surface area (Å²) >= 11 is 12.0. The molecule has 3 rings (SSSR count). The van der Waals surface area contributed by atoms with Gasteiger partial charge in [0, 0.05) is 12.1 Å². The Morgan fingerprint density at radius 3 is 2.19 bits per heavy atom. The Morgan fingerprint density at radius 2 is 1.65 bits per heavy atom. The molecular formula is C19H15Cl2N5O5. The van der Waals surface area contributed by atoms with Crippen LogP contribution in [-0.4, -0.2) is 25.5 Å². The molecule has 0 atom stereocenters. The van der Waals surface area contributed by atoms with Gasteiger partial charge in [0.15, 0.2) is 0 Å². The van der Waals surface area contributed by atoms with Crippen LogP contribution >= 0.6 is 23.2 Å². The van der Waals surface area contributed by atoms with E-state index >= 15 is 0 Å². The molecule has 0 unspecified atom stereocenters. The number of rotatable bonds is 6. The van der Waals surface area contributed by atoms with Gasteiger partial charge in [0.1, 0.15) is 0 Å². The van der Waals surface area contributed by atoms with E-state index in [0.29, 0.717) is 33.7 Å². The number of carbonyl (C=O) groups excluding carboxylic acids is 1. The fourth-order valence-electron chi connectivity index (χ4n) is 2.97. The smallest absolute Gasteiger partial charge is 0.277 e. The molecule has 0 aliphatic rings. The summed E-state index contributed by atoms with van der Waals surface area (Å²) in [5.74, 6) is -0.730. The summed E-state index contributed by atoms with van der Waals surface area (Å²) in [6.07, 6.45) is 0. The molecule has 1 heterocycles. The summed E-state index contributed by atoms with van der Waals surface area (Å²) < 4.78 is 1.65. The second-order valence-corrected chi connectivity index (χ2v) is 7.47. The summed E-state index contributed by atoms with van der Waals surface area (Å²) in [6, 6.07) is 7.93. The summed E-state index contributed by atoms with van der Waals surface area (Å²) in [4.78, 5) is 33.2. The van der Waals surface area contributed by atoms with Gasteiger partial charge < -0.3 is 5.32 Å². The minimum absolute atomic E-state index is 0.211. The van der Waals surface area contributed by atoms with Gasteiger partial charge in [0.05, 0.1) is 55.1 Å². The SMILES string of the molecule is Cc1nn(Cc2ccc(Cl)c(Cl)c2)c(C)c1NC(=O)c1cc([N+](=O)[O-])cc([N+](=O)[O-])c1. The quantitative estimate of drug-likeness (QED) is 0.407. The van der Waals surface area contributed by atoms with Crippen LogP contribution < -0.4 is 5.32 Å². The van der Waals surface area contributed by atoms with Crippen LogP contribution in [-0.2, 0) is 6.54 Å². The van der Waals surface area contributed by atoms with Gasteiger partial charge in [-0.15, -0.1) is 0 Å². The van der Waals surface area contributed by atoms with Gasteiger partial charge in [-0.2, -0.15) is 5.10 Å². The zero-order chi connectivity index (χ0) is 22.9. The number of halogens is 2. The fraction of sp³-hybridized carbons (Fsp3) is 0.158. The third-order valence-electron chi connectivity index (χ3n) is 4.52. The average molecular weight is 464 g/mol. The van der Waals surface area contributed by atoms with Crippen molar-refractivity contribution in [2.24, 2.45) is 0 Å². The van der Waals surface area contributed by atoms with Gasteiger partial charge in [-0.25, -0.2) is 0 Å². The number of nitro groups is 2. The number of aryl methyl sites for hydroxylation is 1. The van der Waals surface area contributed by atoms with Crippen LogP contribution in [0.3, 0.4) is 0 Å². The highest BCUT2D eigenvalue weighted by Crippen LogP contribution is 2.27. The first-order chi connectivity index (χ1) is 14.6. The lowest BCUT2D eigenvalue weighted by atomic mass is 10.1. The molecule has 0 radical (unpaired) electrons.